The van der Waals surface area contributed by atoms with Crippen molar-refractivity contribution in [3.05, 3.63) is 24.2 Å². The molecule has 2 amide bonds. The van der Waals surface area contributed by atoms with E-state index in [0.29, 0.717) is 18.6 Å². The minimum absolute atomic E-state index is 0.0440. The van der Waals surface area contributed by atoms with Crippen LogP contribution in [0.5, 0.6) is 0 Å². The van der Waals surface area contributed by atoms with Gasteiger partial charge in [0.25, 0.3) is 0 Å². The Morgan fingerprint density at radius 3 is 2.85 bits per heavy atom. The molecule has 2 atom stereocenters. The van der Waals surface area contributed by atoms with Crippen molar-refractivity contribution in [1.82, 2.24) is 10.6 Å². The van der Waals surface area contributed by atoms with Crippen LogP contribution in [0.25, 0.3) is 0 Å². The average molecular weight is 290 g/mol. The molecule has 1 fully saturated rings. The van der Waals surface area contributed by atoms with Crippen molar-refractivity contribution in [2.45, 2.75) is 44.4 Å². The molecule has 1 heterocycles. The number of amides is 2. The van der Waals surface area contributed by atoms with Crippen molar-refractivity contribution in [3.8, 4) is 0 Å². The quantitative estimate of drug-likeness (QED) is 0.898. The lowest BCUT2D eigenvalue weighted by Gasteiger charge is -2.30. The monoisotopic (exact) mass is 290 g/mol. The highest BCUT2D eigenvalue weighted by Gasteiger charge is 2.42. The van der Waals surface area contributed by atoms with E-state index in [1.54, 1.807) is 12.1 Å². The number of nitrogens with one attached hydrogen (secondary N) is 2. The van der Waals surface area contributed by atoms with Crippen LogP contribution in [0.15, 0.2) is 22.8 Å². The van der Waals surface area contributed by atoms with Crippen molar-refractivity contribution < 1.29 is 22.4 Å². The van der Waals surface area contributed by atoms with Gasteiger partial charge >= 0.3 is 12.2 Å². The van der Waals surface area contributed by atoms with Gasteiger partial charge in [-0.25, -0.2) is 4.79 Å². The molecule has 2 rings (SSSR count). The Kier molecular flexibility index (Phi) is 4.57. The van der Waals surface area contributed by atoms with Gasteiger partial charge in [-0.05, 0) is 31.4 Å². The molecule has 1 aliphatic rings. The molecule has 4 nitrogen and oxygen atoms in total. The van der Waals surface area contributed by atoms with Gasteiger partial charge in [0.15, 0.2) is 0 Å². The Morgan fingerprint density at radius 2 is 2.20 bits per heavy atom. The fourth-order valence-corrected chi connectivity index (χ4v) is 2.44. The minimum Gasteiger partial charge on any atom is -0.467 e. The van der Waals surface area contributed by atoms with Crippen molar-refractivity contribution in [3.63, 3.8) is 0 Å². The number of furan rings is 1. The molecule has 1 aromatic heterocycles. The molecule has 112 valence electrons. The van der Waals surface area contributed by atoms with Crippen molar-refractivity contribution in [1.29, 1.82) is 0 Å². The number of urea groups is 1. The Morgan fingerprint density at radius 1 is 1.40 bits per heavy atom. The van der Waals surface area contributed by atoms with Crippen LogP contribution in [0.2, 0.25) is 0 Å². The lowest BCUT2D eigenvalue weighted by atomic mass is 9.85. The molecular formula is C13H17F3N2O2. The van der Waals surface area contributed by atoms with E-state index < -0.39 is 24.2 Å². The van der Waals surface area contributed by atoms with Gasteiger partial charge in [-0.3, -0.25) is 0 Å². The number of carbonyl (C=O) groups excluding carboxylic acids is 1. The fraction of sp³-hybridized carbons (Fsp3) is 0.615. The van der Waals surface area contributed by atoms with Crippen LogP contribution in [-0.2, 0) is 6.54 Å². The molecule has 2 N–H and O–H groups in total. The van der Waals surface area contributed by atoms with Crippen LogP contribution >= 0.6 is 0 Å². The number of hydrogen-bond donors (Lipinski definition) is 2. The van der Waals surface area contributed by atoms with E-state index in [-0.39, 0.29) is 19.4 Å². The summed E-state index contributed by atoms with van der Waals surface area (Å²) in [7, 11) is 0. The molecule has 0 aliphatic heterocycles. The third-order valence-corrected chi connectivity index (χ3v) is 3.48. The highest BCUT2D eigenvalue weighted by atomic mass is 19.4. The first-order chi connectivity index (χ1) is 9.45. The molecule has 0 radical (unpaired) electrons. The summed E-state index contributed by atoms with van der Waals surface area (Å²) in [5, 5.41) is 5.15. The average Bonchev–Trinajstić information content (AvgIpc) is 2.89. The summed E-state index contributed by atoms with van der Waals surface area (Å²) >= 11 is 0. The normalized spacial score (nSPS) is 23.4. The van der Waals surface area contributed by atoms with Gasteiger partial charge in [-0.1, -0.05) is 6.42 Å². The van der Waals surface area contributed by atoms with Crippen molar-refractivity contribution in [2.24, 2.45) is 5.92 Å². The van der Waals surface area contributed by atoms with E-state index in [2.05, 4.69) is 10.6 Å². The van der Waals surface area contributed by atoms with Gasteiger partial charge < -0.3 is 15.1 Å². The van der Waals surface area contributed by atoms with Crippen LogP contribution in [0.1, 0.15) is 31.4 Å². The third-order valence-electron chi connectivity index (χ3n) is 3.48. The summed E-state index contributed by atoms with van der Waals surface area (Å²) in [4.78, 5) is 11.6. The first-order valence-corrected chi connectivity index (χ1v) is 6.58. The summed E-state index contributed by atoms with van der Waals surface area (Å²) < 4.78 is 43.0. The molecular weight excluding hydrogens is 273 g/mol. The largest absolute Gasteiger partial charge is 0.467 e. The maximum atomic E-state index is 12.6. The lowest BCUT2D eigenvalue weighted by molar-refractivity contribution is -0.183. The predicted octanol–water partition coefficient (Wildman–Crippen LogP) is 3.20. The number of carbonyl (C=O) groups is 1. The summed E-state index contributed by atoms with van der Waals surface area (Å²) in [6, 6.07) is 2.52. The highest BCUT2D eigenvalue weighted by molar-refractivity contribution is 5.74. The SMILES string of the molecule is O=C(NCc1ccco1)N[C@@H]1CCC[C@@H](C(F)(F)F)C1. The van der Waals surface area contributed by atoms with Crippen LogP contribution in [0.4, 0.5) is 18.0 Å². The Balaban J connectivity index is 1.76. The van der Waals surface area contributed by atoms with Crippen molar-refractivity contribution >= 4 is 6.03 Å². The smallest absolute Gasteiger partial charge is 0.391 e. The van der Waals surface area contributed by atoms with Crippen molar-refractivity contribution in [2.75, 3.05) is 0 Å². The van der Waals surface area contributed by atoms with Gasteiger partial charge in [0.1, 0.15) is 5.76 Å². The maximum Gasteiger partial charge on any atom is 0.391 e. The Hall–Kier alpha value is -1.66. The maximum absolute atomic E-state index is 12.6. The zero-order chi connectivity index (χ0) is 14.6. The number of halogens is 3. The highest BCUT2D eigenvalue weighted by Crippen LogP contribution is 2.37. The molecule has 0 saturated heterocycles. The molecule has 1 aliphatic carbocycles. The predicted molar refractivity (Wildman–Crippen MR) is 65.9 cm³/mol. The Bertz CT molecular complexity index is 431. The van der Waals surface area contributed by atoms with E-state index in [9.17, 15) is 18.0 Å². The summed E-state index contributed by atoms with van der Waals surface area (Å²) in [5.74, 6) is -0.719. The van der Waals surface area contributed by atoms with Crippen LogP contribution in [0.3, 0.4) is 0 Å². The van der Waals surface area contributed by atoms with E-state index >= 15 is 0 Å². The standard InChI is InChI=1S/C13H17F3N2O2/c14-13(15,16)9-3-1-4-10(7-9)18-12(19)17-8-11-5-2-6-20-11/h2,5-6,9-10H,1,3-4,7-8H2,(H2,17,18,19)/t9-,10-/m1/s1. The summed E-state index contributed by atoms with van der Waals surface area (Å²) in [6.07, 6.45) is -1.52. The molecule has 1 aromatic rings. The zero-order valence-electron chi connectivity index (χ0n) is 10.9. The molecule has 7 heteroatoms. The second-order valence-corrected chi connectivity index (χ2v) is 5.01. The fourth-order valence-electron chi connectivity index (χ4n) is 2.44. The van der Waals surface area contributed by atoms with Gasteiger partial charge in [0, 0.05) is 6.04 Å². The number of rotatable bonds is 3. The molecule has 0 bridgehead atoms. The van der Waals surface area contributed by atoms with E-state index in [4.69, 9.17) is 4.42 Å². The second-order valence-electron chi connectivity index (χ2n) is 5.01. The summed E-state index contributed by atoms with van der Waals surface area (Å²) in [6.45, 7) is 0.217. The first-order valence-electron chi connectivity index (χ1n) is 6.58. The van der Waals surface area contributed by atoms with Crippen LogP contribution in [0, 0.1) is 5.92 Å². The summed E-state index contributed by atoms with van der Waals surface area (Å²) in [5.41, 5.74) is 0. The molecule has 0 aromatic carbocycles. The molecule has 1 saturated carbocycles. The van der Waals surface area contributed by atoms with Gasteiger partial charge in [0.2, 0.25) is 0 Å². The van der Waals surface area contributed by atoms with Gasteiger partial charge in [-0.15, -0.1) is 0 Å². The molecule has 20 heavy (non-hydrogen) atoms. The van der Waals surface area contributed by atoms with Crippen LogP contribution in [-0.4, -0.2) is 18.2 Å². The van der Waals surface area contributed by atoms with E-state index in [1.807, 2.05) is 0 Å². The van der Waals surface area contributed by atoms with E-state index in [1.165, 1.54) is 6.26 Å². The third kappa shape index (κ3) is 4.18. The molecule has 0 spiro atoms. The van der Waals surface area contributed by atoms with Gasteiger partial charge in [-0.2, -0.15) is 13.2 Å². The Labute approximate surface area is 114 Å². The number of alkyl halides is 3. The van der Waals surface area contributed by atoms with E-state index in [0.717, 1.165) is 0 Å². The molecule has 0 unspecified atom stereocenters. The van der Waals surface area contributed by atoms with Crippen LogP contribution < -0.4 is 10.6 Å². The topological polar surface area (TPSA) is 54.3 Å². The first kappa shape index (κ1) is 14.7. The zero-order valence-corrected chi connectivity index (χ0v) is 10.9. The van der Waals surface area contributed by atoms with Gasteiger partial charge in [0.05, 0.1) is 18.7 Å². The second kappa shape index (κ2) is 6.19. The minimum atomic E-state index is -4.18. The lowest BCUT2D eigenvalue weighted by Crippen LogP contribution is -2.45. The number of hydrogen-bond acceptors (Lipinski definition) is 2.